The lowest BCUT2D eigenvalue weighted by Crippen LogP contribution is -2.35. The van der Waals surface area contributed by atoms with Gasteiger partial charge in [-0.05, 0) is 20.3 Å². The first-order chi connectivity index (χ1) is 7.00. The summed E-state index contributed by atoms with van der Waals surface area (Å²) < 4.78 is 11.2. The van der Waals surface area contributed by atoms with Gasteiger partial charge in [0.05, 0.1) is 12.3 Å². The van der Waals surface area contributed by atoms with Crippen LogP contribution in [0.25, 0.3) is 0 Å². The van der Waals surface area contributed by atoms with Gasteiger partial charge in [-0.15, -0.1) is 0 Å². The van der Waals surface area contributed by atoms with E-state index in [4.69, 9.17) is 9.47 Å². The summed E-state index contributed by atoms with van der Waals surface area (Å²) in [6, 6.07) is 0. The van der Waals surface area contributed by atoms with Gasteiger partial charge in [0.1, 0.15) is 19.3 Å². The first-order valence-corrected chi connectivity index (χ1v) is 5.10. The highest BCUT2D eigenvalue weighted by atomic mass is 16.8. The number of rotatable bonds is 4. The van der Waals surface area contributed by atoms with Gasteiger partial charge in [0.25, 0.3) is 0 Å². The summed E-state index contributed by atoms with van der Waals surface area (Å²) in [5.41, 5.74) is 0. The average Bonchev–Trinajstić information content (AvgIpc) is 2.49. The van der Waals surface area contributed by atoms with E-state index in [-0.39, 0.29) is 12.2 Å². The number of aliphatic hydroxyl groups is 1. The highest BCUT2D eigenvalue weighted by Gasteiger charge is 2.43. The molecule has 1 saturated heterocycles. The SMILES string of the molecule is CC[C@@H](O)[C@H]1OC(C)(C)O[C@@H]1C=NOC. The predicted molar refractivity (Wildman–Crippen MR) is 55.6 cm³/mol. The van der Waals surface area contributed by atoms with E-state index in [1.54, 1.807) is 0 Å². The van der Waals surface area contributed by atoms with Gasteiger partial charge in [0, 0.05) is 0 Å². The molecule has 1 rings (SSSR count). The van der Waals surface area contributed by atoms with Crippen LogP contribution >= 0.6 is 0 Å². The fourth-order valence-corrected chi connectivity index (χ4v) is 1.58. The van der Waals surface area contributed by atoms with E-state index in [1.807, 2.05) is 20.8 Å². The van der Waals surface area contributed by atoms with E-state index < -0.39 is 11.9 Å². The van der Waals surface area contributed by atoms with Gasteiger partial charge in [-0.2, -0.15) is 0 Å². The molecule has 88 valence electrons. The van der Waals surface area contributed by atoms with Crippen molar-refractivity contribution >= 4 is 6.21 Å². The number of hydrogen-bond acceptors (Lipinski definition) is 5. The standard InChI is InChI=1S/C10H19NO4/c1-5-7(12)9-8(6-11-13-4)14-10(2,3)15-9/h6-9,12H,5H2,1-4H3/t7-,8-,9-/m1/s1. The molecular formula is C10H19NO4. The molecule has 1 aliphatic rings. The van der Waals surface area contributed by atoms with E-state index >= 15 is 0 Å². The van der Waals surface area contributed by atoms with Crippen LogP contribution in [0.15, 0.2) is 5.16 Å². The smallest absolute Gasteiger partial charge is 0.164 e. The van der Waals surface area contributed by atoms with Crippen molar-refractivity contribution in [1.29, 1.82) is 0 Å². The molecule has 5 heteroatoms. The molecule has 0 radical (unpaired) electrons. The molecule has 3 atom stereocenters. The van der Waals surface area contributed by atoms with Crippen molar-refractivity contribution in [2.75, 3.05) is 7.11 Å². The number of hydrogen-bond donors (Lipinski definition) is 1. The molecule has 0 bridgehead atoms. The monoisotopic (exact) mass is 217 g/mol. The predicted octanol–water partition coefficient (Wildman–Crippen LogP) is 0.910. The maximum Gasteiger partial charge on any atom is 0.164 e. The summed E-state index contributed by atoms with van der Waals surface area (Å²) in [5.74, 6) is -0.689. The Bertz CT molecular complexity index is 229. The van der Waals surface area contributed by atoms with Crippen LogP contribution < -0.4 is 0 Å². The molecule has 0 amide bonds. The largest absolute Gasteiger partial charge is 0.399 e. The van der Waals surface area contributed by atoms with Crippen LogP contribution in [0.3, 0.4) is 0 Å². The number of nitrogens with zero attached hydrogens (tertiary/aromatic N) is 1. The van der Waals surface area contributed by atoms with Gasteiger partial charge in [-0.3, -0.25) is 0 Å². The van der Waals surface area contributed by atoms with Crippen LogP contribution in [0, 0.1) is 0 Å². The second-order valence-corrected chi connectivity index (χ2v) is 3.98. The van der Waals surface area contributed by atoms with E-state index in [9.17, 15) is 5.11 Å². The number of aliphatic hydroxyl groups excluding tert-OH is 1. The molecule has 1 fully saturated rings. The van der Waals surface area contributed by atoms with Crippen LogP contribution in [0.1, 0.15) is 27.2 Å². The van der Waals surface area contributed by atoms with Crippen LogP contribution in [-0.4, -0.2) is 42.5 Å². The number of ether oxygens (including phenoxy) is 2. The summed E-state index contributed by atoms with van der Waals surface area (Å²) in [4.78, 5) is 4.59. The molecule has 15 heavy (non-hydrogen) atoms. The molecule has 0 aliphatic carbocycles. The third kappa shape index (κ3) is 3.15. The Hall–Kier alpha value is -0.650. The fraction of sp³-hybridized carbons (Fsp3) is 0.900. The van der Waals surface area contributed by atoms with Gasteiger partial charge in [-0.25, -0.2) is 0 Å². The van der Waals surface area contributed by atoms with Crippen LogP contribution in [0.4, 0.5) is 0 Å². The van der Waals surface area contributed by atoms with Gasteiger partial charge in [0.2, 0.25) is 0 Å². The summed E-state index contributed by atoms with van der Waals surface area (Å²) in [6.45, 7) is 5.51. The van der Waals surface area contributed by atoms with E-state index in [1.165, 1.54) is 13.3 Å². The maximum atomic E-state index is 9.75. The third-order valence-electron chi connectivity index (χ3n) is 2.27. The summed E-state index contributed by atoms with van der Waals surface area (Å²) in [5, 5.41) is 13.4. The summed E-state index contributed by atoms with van der Waals surface area (Å²) >= 11 is 0. The van der Waals surface area contributed by atoms with Gasteiger partial charge >= 0.3 is 0 Å². The average molecular weight is 217 g/mol. The lowest BCUT2D eigenvalue weighted by atomic mass is 10.1. The number of oxime groups is 1. The molecule has 1 N–H and O–H groups in total. The fourth-order valence-electron chi connectivity index (χ4n) is 1.58. The van der Waals surface area contributed by atoms with Crippen LogP contribution in [0.2, 0.25) is 0 Å². The summed E-state index contributed by atoms with van der Waals surface area (Å²) in [6.07, 6.45) is 0.818. The second kappa shape index (κ2) is 4.92. The van der Waals surface area contributed by atoms with E-state index in [2.05, 4.69) is 9.99 Å². The van der Waals surface area contributed by atoms with Crippen molar-refractivity contribution in [3.05, 3.63) is 0 Å². The van der Waals surface area contributed by atoms with Crippen LogP contribution in [-0.2, 0) is 14.3 Å². The molecule has 5 nitrogen and oxygen atoms in total. The lowest BCUT2D eigenvalue weighted by Gasteiger charge is -2.19. The lowest BCUT2D eigenvalue weighted by molar-refractivity contribution is -0.152. The minimum atomic E-state index is -0.689. The van der Waals surface area contributed by atoms with Crippen molar-refractivity contribution in [2.24, 2.45) is 5.16 Å². The second-order valence-electron chi connectivity index (χ2n) is 3.98. The highest BCUT2D eigenvalue weighted by Crippen LogP contribution is 2.29. The van der Waals surface area contributed by atoms with Gasteiger partial charge < -0.3 is 19.4 Å². The normalized spacial score (nSPS) is 32.1. The molecule has 0 aromatic heterocycles. The van der Waals surface area contributed by atoms with E-state index in [0.29, 0.717) is 6.42 Å². The highest BCUT2D eigenvalue weighted by molar-refractivity contribution is 5.64. The quantitative estimate of drug-likeness (QED) is 0.561. The Morgan fingerprint density at radius 3 is 2.73 bits per heavy atom. The molecule has 0 saturated carbocycles. The van der Waals surface area contributed by atoms with E-state index in [0.717, 1.165) is 0 Å². The Kier molecular flexibility index (Phi) is 4.07. The van der Waals surface area contributed by atoms with Gasteiger partial charge in [-0.1, -0.05) is 12.1 Å². The molecule has 1 aliphatic heterocycles. The molecule has 0 aromatic carbocycles. The molecular weight excluding hydrogens is 198 g/mol. The van der Waals surface area contributed by atoms with Crippen molar-refractivity contribution in [2.45, 2.75) is 51.3 Å². The minimum absolute atomic E-state index is 0.366. The first-order valence-electron chi connectivity index (χ1n) is 5.10. The molecule has 1 heterocycles. The Labute approximate surface area is 90.0 Å². The van der Waals surface area contributed by atoms with Crippen molar-refractivity contribution < 1.29 is 19.4 Å². The maximum absolute atomic E-state index is 9.75. The van der Waals surface area contributed by atoms with Crippen molar-refractivity contribution in [3.63, 3.8) is 0 Å². The molecule has 0 unspecified atom stereocenters. The van der Waals surface area contributed by atoms with Gasteiger partial charge in [0.15, 0.2) is 5.79 Å². The van der Waals surface area contributed by atoms with Crippen LogP contribution in [0.5, 0.6) is 0 Å². The zero-order valence-corrected chi connectivity index (χ0v) is 9.64. The zero-order valence-electron chi connectivity index (χ0n) is 9.64. The summed E-state index contributed by atoms with van der Waals surface area (Å²) in [7, 11) is 1.46. The Morgan fingerprint density at radius 1 is 1.53 bits per heavy atom. The minimum Gasteiger partial charge on any atom is -0.399 e. The topological polar surface area (TPSA) is 60.3 Å². The van der Waals surface area contributed by atoms with Crippen molar-refractivity contribution in [1.82, 2.24) is 0 Å². The Morgan fingerprint density at radius 2 is 2.20 bits per heavy atom. The zero-order chi connectivity index (χ0) is 11.5. The third-order valence-corrected chi connectivity index (χ3v) is 2.27. The Balaban J connectivity index is 2.70. The molecule has 0 aromatic rings. The van der Waals surface area contributed by atoms with Crippen molar-refractivity contribution in [3.8, 4) is 0 Å². The first kappa shape index (κ1) is 12.4. The molecule has 0 spiro atoms.